The van der Waals surface area contributed by atoms with Crippen molar-refractivity contribution in [2.24, 2.45) is 0 Å². The third-order valence-electron chi connectivity index (χ3n) is 4.07. The van der Waals surface area contributed by atoms with Crippen LogP contribution in [0.5, 0.6) is 0 Å². The second kappa shape index (κ2) is 7.67. The average molecular weight is 377 g/mol. The summed E-state index contributed by atoms with van der Waals surface area (Å²) < 4.78 is 0. The number of thiocarbonyl (C=S) groups is 1. The number of benzene rings is 2. The number of nitrogens with zero attached hydrogens (tertiary/aromatic N) is 3. The molecule has 6 nitrogen and oxygen atoms in total. The number of anilines is 2. The summed E-state index contributed by atoms with van der Waals surface area (Å²) in [7, 11) is 0. The maximum absolute atomic E-state index is 10.7. The topological polar surface area (TPSA) is 61.7 Å². The molecule has 1 N–H and O–H groups in total. The van der Waals surface area contributed by atoms with Gasteiger partial charge < -0.3 is 15.1 Å². The first-order valence-electron chi connectivity index (χ1n) is 7.84. The van der Waals surface area contributed by atoms with E-state index in [1.807, 2.05) is 18.2 Å². The number of piperazine rings is 1. The Morgan fingerprint density at radius 2 is 1.80 bits per heavy atom. The van der Waals surface area contributed by atoms with Crippen LogP contribution in [0.25, 0.3) is 0 Å². The van der Waals surface area contributed by atoms with E-state index in [-0.39, 0.29) is 5.69 Å². The maximum Gasteiger partial charge on any atom is 0.269 e. The molecule has 0 unspecified atom stereocenters. The molecule has 25 heavy (non-hydrogen) atoms. The Bertz CT molecular complexity index is 776. The molecule has 1 fully saturated rings. The number of non-ortho nitro benzene ring substituents is 1. The molecule has 1 saturated heterocycles. The van der Waals surface area contributed by atoms with E-state index in [0.29, 0.717) is 5.11 Å². The molecule has 0 atom stereocenters. The highest BCUT2D eigenvalue weighted by Crippen LogP contribution is 2.21. The van der Waals surface area contributed by atoms with Crippen molar-refractivity contribution in [1.82, 2.24) is 4.90 Å². The van der Waals surface area contributed by atoms with Crippen molar-refractivity contribution in [1.29, 1.82) is 0 Å². The van der Waals surface area contributed by atoms with Gasteiger partial charge in [0.25, 0.3) is 5.69 Å². The summed E-state index contributed by atoms with van der Waals surface area (Å²) in [6.07, 6.45) is 0. The fourth-order valence-corrected chi connectivity index (χ4v) is 3.19. The highest BCUT2D eigenvalue weighted by atomic mass is 35.5. The Balaban J connectivity index is 1.55. The van der Waals surface area contributed by atoms with Crippen molar-refractivity contribution in [3.63, 3.8) is 0 Å². The molecular formula is C17H17ClN4O2S. The van der Waals surface area contributed by atoms with Crippen LogP contribution in [0, 0.1) is 10.1 Å². The Labute approximate surface area is 156 Å². The molecule has 2 aromatic carbocycles. The Morgan fingerprint density at radius 3 is 2.40 bits per heavy atom. The number of halogens is 1. The molecule has 3 rings (SSSR count). The van der Waals surface area contributed by atoms with Crippen LogP contribution in [0.2, 0.25) is 5.02 Å². The molecule has 0 saturated carbocycles. The molecule has 1 heterocycles. The predicted molar refractivity (Wildman–Crippen MR) is 105 cm³/mol. The van der Waals surface area contributed by atoms with Crippen molar-refractivity contribution in [2.45, 2.75) is 0 Å². The fraction of sp³-hybridized carbons (Fsp3) is 0.235. The number of hydrogen-bond acceptors (Lipinski definition) is 4. The smallest absolute Gasteiger partial charge is 0.269 e. The van der Waals surface area contributed by atoms with Gasteiger partial charge in [-0.3, -0.25) is 10.1 Å². The standard InChI is InChI=1S/C17H17ClN4O2S/c18-13-2-1-3-16(12-13)20-8-10-21(11-9-20)17(25)19-14-4-6-15(7-5-14)22(23)24/h1-7,12H,8-11H2,(H,19,25). The summed E-state index contributed by atoms with van der Waals surface area (Å²) in [4.78, 5) is 14.6. The zero-order chi connectivity index (χ0) is 17.8. The summed E-state index contributed by atoms with van der Waals surface area (Å²) in [5.41, 5.74) is 1.92. The van der Waals surface area contributed by atoms with E-state index in [9.17, 15) is 10.1 Å². The fourth-order valence-electron chi connectivity index (χ4n) is 2.71. The van der Waals surface area contributed by atoms with Crippen molar-refractivity contribution in [3.05, 3.63) is 63.7 Å². The van der Waals surface area contributed by atoms with Crippen molar-refractivity contribution in [2.75, 3.05) is 36.4 Å². The average Bonchev–Trinajstić information content (AvgIpc) is 2.62. The number of nitrogens with one attached hydrogen (secondary N) is 1. The summed E-state index contributed by atoms with van der Waals surface area (Å²) in [5, 5.41) is 15.2. The molecule has 0 bridgehead atoms. The minimum absolute atomic E-state index is 0.0617. The van der Waals surface area contributed by atoms with E-state index >= 15 is 0 Å². The molecule has 2 aromatic rings. The highest BCUT2D eigenvalue weighted by Gasteiger charge is 2.19. The van der Waals surface area contributed by atoms with Crippen LogP contribution in [-0.2, 0) is 0 Å². The molecule has 0 spiro atoms. The van der Waals surface area contributed by atoms with Gasteiger partial charge >= 0.3 is 0 Å². The quantitative estimate of drug-likeness (QED) is 0.500. The Hall–Kier alpha value is -2.38. The Kier molecular flexibility index (Phi) is 5.35. The van der Waals surface area contributed by atoms with Crippen LogP contribution in [0.3, 0.4) is 0 Å². The van der Waals surface area contributed by atoms with E-state index in [4.69, 9.17) is 23.8 Å². The maximum atomic E-state index is 10.7. The molecule has 1 aliphatic heterocycles. The molecule has 0 aromatic heterocycles. The number of nitro groups is 1. The summed E-state index contributed by atoms with van der Waals surface area (Å²) in [5.74, 6) is 0. The first-order chi connectivity index (χ1) is 12.0. The second-order valence-electron chi connectivity index (χ2n) is 5.69. The van der Waals surface area contributed by atoms with Crippen LogP contribution in [0.15, 0.2) is 48.5 Å². The van der Waals surface area contributed by atoms with Gasteiger partial charge in [0.05, 0.1) is 4.92 Å². The normalized spacial score (nSPS) is 14.3. The van der Waals surface area contributed by atoms with Gasteiger partial charge in [-0.2, -0.15) is 0 Å². The number of nitro benzene ring substituents is 1. The molecule has 0 amide bonds. The molecule has 1 aliphatic rings. The summed E-state index contributed by atoms with van der Waals surface area (Å²) in [6.45, 7) is 3.29. The van der Waals surface area contributed by atoms with Gasteiger partial charge in [-0.15, -0.1) is 0 Å². The number of rotatable bonds is 3. The second-order valence-corrected chi connectivity index (χ2v) is 6.51. The third kappa shape index (κ3) is 4.37. The van der Waals surface area contributed by atoms with Crippen LogP contribution < -0.4 is 10.2 Å². The van der Waals surface area contributed by atoms with Crippen molar-refractivity contribution >= 4 is 46.0 Å². The van der Waals surface area contributed by atoms with Crippen LogP contribution in [0.1, 0.15) is 0 Å². The first kappa shape index (κ1) is 17.4. The highest BCUT2D eigenvalue weighted by molar-refractivity contribution is 7.80. The largest absolute Gasteiger partial charge is 0.368 e. The lowest BCUT2D eigenvalue weighted by atomic mass is 10.2. The first-order valence-corrected chi connectivity index (χ1v) is 8.62. The minimum atomic E-state index is -0.419. The zero-order valence-electron chi connectivity index (χ0n) is 13.4. The van der Waals surface area contributed by atoms with Gasteiger partial charge in [0.15, 0.2) is 5.11 Å². The minimum Gasteiger partial charge on any atom is -0.368 e. The lowest BCUT2D eigenvalue weighted by Gasteiger charge is -2.37. The van der Waals surface area contributed by atoms with Crippen LogP contribution >= 0.6 is 23.8 Å². The molecule has 0 aliphatic carbocycles. The zero-order valence-corrected chi connectivity index (χ0v) is 15.0. The van der Waals surface area contributed by atoms with Gasteiger partial charge in [0.1, 0.15) is 0 Å². The van der Waals surface area contributed by atoms with Crippen molar-refractivity contribution < 1.29 is 4.92 Å². The van der Waals surface area contributed by atoms with Gasteiger partial charge in [0.2, 0.25) is 0 Å². The van der Waals surface area contributed by atoms with E-state index in [0.717, 1.165) is 42.6 Å². The van der Waals surface area contributed by atoms with E-state index in [2.05, 4.69) is 21.2 Å². The molecule has 0 radical (unpaired) electrons. The molecule has 130 valence electrons. The lowest BCUT2D eigenvalue weighted by Crippen LogP contribution is -2.50. The SMILES string of the molecule is O=[N+]([O-])c1ccc(NC(=S)N2CCN(c3cccc(Cl)c3)CC2)cc1. The third-order valence-corrected chi connectivity index (χ3v) is 4.66. The monoisotopic (exact) mass is 376 g/mol. The van der Waals surface area contributed by atoms with Gasteiger partial charge in [-0.05, 0) is 42.5 Å². The summed E-state index contributed by atoms with van der Waals surface area (Å²) in [6, 6.07) is 14.1. The lowest BCUT2D eigenvalue weighted by molar-refractivity contribution is -0.384. The predicted octanol–water partition coefficient (Wildman–Crippen LogP) is 3.77. The van der Waals surface area contributed by atoms with Crippen LogP contribution in [-0.4, -0.2) is 41.1 Å². The summed E-state index contributed by atoms with van der Waals surface area (Å²) >= 11 is 11.5. The Morgan fingerprint density at radius 1 is 1.12 bits per heavy atom. The number of hydrogen-bond donors (Lipinski definition) is 1. The van der Waals surface area contributed by atoms with Crippen LogP contribution in [0.4, 0.5) is 17.1 Å². The van der Waals surface area contributed by atoms with E-state index in [1.165, 1.54) is 12.1 Å². The van der Waals surface area contributed by atoms with E-state index < -0.39 is 4.92 Å². The van der Waals surface area contributed by atoms with Gasteiger partial charge in [-0.25, -0.2) is 0 Å². The van der Waals surface area contributed by atoms with Gasteiger partial charge in [0, 0.05) is 54.7 Å². The van der Waals surface area contributed by atoms with Crippen molar-refractivity contribution in [3.8, 4) is 0 Å². The molecule has 8 heteroatoms. The molecular weight excluding hydrogens is 360 g/mol. The van der Waals surface area contributed by atoms with E-state index in [1.54, 1.807) is 12.1 Å². The van der Waals surface area contributed by atoms with Gasteiger partial charge in [-0.1, -0.05) is 17.7 Å².